The molecule has 7 heteroatoms. The first-order valence-corrected chi connectivity index (χ1v) is 11.3. The van der Waals surface area contributed by atoms with Gasteiger partial charge in [-0.15, -0.1) is 0 Å². The Hall–Kier alpha value is -3.38. The molecule has 0 aliphatic rings. The Bertz CT molecular complexity index is 1080. The molecule has 0 aliphatic carbocycles. The van der Waals surface area contributed by atoms with Gasteiger partial charge in [-0.25, -0.2) is 4.98 Å². The van der Waals surface area contributed by atoms with Crippen LogP contribution in [-0.4, -0.2) is 28.5 Å². The van der Waals surface area contributed by atoms with E-state index in [4.69, 9.17) is 16.7 Å². The molecule has 0 spiro atoms. The topological polar surface area (TPSA) is 91.3 Å². The van der Waals surface area contributed by atoms with Gasteiger partial charge in [-0.1, -0.05) is 67.9 Å². The van der Waals surface area contributed by atoms with Gasteiger partial charge in [0.25, 0.3) is 5.91 Å². The van der Waals surface area contributed by atoms with E-state index < -0.39 is 5.97 Å². The number of carboxylic acid groups (broad SMARTS) is 1. The molecule has 6 nitrogen and oxygen atoms in total. The van der Waals surface area contributed by atoms with Crippen LogP contribution >= 0.6 is 11.6 Å². The van der Waals surface area contributed by atoms with Gasteiger partial charge in [-0.05, 0) is 41.7 Å². The van der Waals surface area contributed by atoms with Crippen molar-refractivity contribution in [1.29, 1.82) is 0 Å². The number of aliphatic carboxylic acids is 1. The van der Waals surface area contributed by atoms with Crippen LogP contribution in [0.1, 0.15) is 48.7 Å². The first-order chi connectivity index (χ1) is 15.8. The van der Waals surface area contributed by atoms with Crippen LogP contribution in [0.25, 0.3) is 11.1 Å². The number of pyridine rings is 1. The number of nitrogens with one attached hydrogen (secondary N) is 2. The number of rotatable bonds is 10. The normalized spacial score (nSPS) is 11.8. The summed E-state index contributed by atoms with van der Waals surface area (Å²) in [5.74, 6) is -0.170. The molecule has 172 valence electrons. The van der Waals surface area contributed by atoms with Crippen LogP contribution in [0.3, 0.4) is 0 Å². The van der Waals surface area contributed by atoms with E-state index in [1.807, 2.05) is 24.3 Å². The number of aromatic nitrogens is 1. The van der Waals surface area contributed by atoms with E-state index in [1.165, 1.54) is 6.20 Å². The summed E-state index contributed by atoms with van der Waals surface area (Å²) in [7, 11) is 0. The summed E-state index contributed by atoms with van der Waals surface area (Å²) in [4.78, 5) is 27.1. The van der Waals surface area contributed by atoms with Crippen molar-refractivity contribution in [2.45, 2.75) is 32.7 Å². The van der Waals surface area contributed by atoms with Crippen LogP contribution in [-0.2, 0) is 4.79 Å². The maximum absolute atomic E-state index is 12.1. The van der Waals surface area contributed by atoms with E-state index in [0.717, 1.165) is 28.1 Å². The number of amides is 1. The van der Waals surface area contributed by atoms with Crippen molar-refractivity contribution < 1.29 is 14.7 Å². The van der Waals surface area contributed by atoms with Gasteiger partial charge in [0, 0.05) is 23.3 Å². The maximum atomic E-state index is 12.1. The number of nitrogens with zero attached hydrogens (tertiary/aromatic N) is 1. The summed E-state index contributed by atoms with van der Waals surface area (Å²) < 4.78 is 0. The zero-order chi connectivity index (χ0) is 23.8. The minimum absolute atomic E-state index is 0.0491. The fraction of sp³-hybridized carbons (Fsp3) is 0.269. The van der Waals surface area contributed by atoms with Gasteiger partial charge in [-0.2, -0.15) is 0 Å². The second-order valence-corrected chi connectivity index (χ2v) is 8.67. The molecule has 1 heterocycles. The van der Waals surface area contributed by atoms with Gasteiger partial charge in [0.2, 0.25) is 0 Å². The summed E-state index contributed by atoms with van der Waals surface area (Å²) in [5.41, 5.74) is 3.58. The molecular formula is C26H28ClN3O3. The van der Waals surface area contributed by atoms with Gasteiger partial charge in [0.05, 0.1) is 18.0 Å². The van der Waals surface area contributed by atoms with Gasteiger partial charge in [0.1, 0.15) is 5.82 Å². The van der Waals surface area contributed by atoms with Crippen LogP contribution in [0.5, 0.6) is 0 Å². The summed E-state index contributed by atoms with van der Waals surface area (Å²) in [5, 5.41) is 15.5. The Balaban J connectivity index is 1.71. The highest BCUT2D eigenvalue weighted by Crippen LogP contribution is 2.31. The molecule has 33 heavy (non-hydrogen) atoms. The molecule has 1 aromatic heterocycles. The van der Waals surface area contributed by atoms with E-state index in [2.05, 4.69) is 53.7 Å². The minimum Gasteiger partial charge on any atom is -0.481 e. The van der Waals surface area contributed by atoms with Gasteiger partial charge in [0.15, 0.2) is 0 Å². The number of carboxylic acids is 1. The molecule has 0 fully saturated rings. The van der Waals surface area contributed by atoms with Crippen molar-refractivity contribution in [3.8, 4) is 11.1 Å². The van der Waals surface area contributed by atoms with E-state index in [0.29, 0.717) is 17.3 Å². The third-order valence-electron chi connectivity index (χ3n) is 5.18. The molecule has 3 rings (SSSR count). The Morgan fingerprint density at radius 2 is 1.76 bits per heavy atom. The largest absolute Gasteiger partial charge is 0.481 e. The maximum Gasteiger partial charge on any atom is 0.305 e. The molecule has 3 aromatic rings. The third-order valence-corrected chi connectivity index (χ3v) is 5.51. The lowest BCUT2D eigenvalue weighted by molar-refractivity contribution is -0.136. The van der Waals surface area contributed by atoms with Crippen LogP contribution in [0.2, 0.25) is 5.02 Å². The lowest BCUT2D eigenvalue weighted by Gasteiger charge is -2.22. The lowest BCUT2D eigenvalue weighted by Crippen LogP contribution is -2.26. The highest BCUT2D eigenvalue weighted by atomic mass is 35.5. The Morgan fingerprint density at radius 1 is 1.03 bits per heavy atom. The fourth-order valence-corrected chi connectivity index (χ4v) is 3.76. The number of anilines is 1. The Labute approximate surface area is 199 Å². The Morgan fingerprint density at radius 3 is 2.36 bits per heavy atom. The first-order valence-electron chi connectivity index (χ1n) is 10.9. The second kappa shape index (κ2) is 11.5. The molecular weight excluding hydrogens is 438 g/mol. The fourth-order valence-electron chi connectivity index (χ4n) is 3.52. The number of hydrogen-bond acceptors (Lipinski definition) is 4. The molecule has 0 saturated carbocycles. The molecule has 1 amide bonds. The molecule has 1 unspecified atom stereocenters. The average molecular weight is 466 g/mol. The van der Waals surface area contributed by atoms with Crippen molar-refractivity contribution in [1.82, 2.24) is 10.3 Å². The van der Waals surface area contributed by atoms with Crippen molar-refractivity contribution in [2.24, 2.45) is 5.92 Å². The predicted molar refractivity (Wildman–Crippen MR) is 132 cm³/mol. The summed E-state index contributed by atoms with van der Waals surface area (Å²) in [6, 6.07) is 19.6. The summed E-state index contributed by atoms with van der Waals surface area (Å²) in [6.07, 6.45) is 2.28. The third kappa shape index (κ3) is 7.05. The summed E-state index contributed by atoms with van der Waals surface area (Å²) in [6.45, 7) is 4.42. The molecule has 0 saturated heterocycles. The predicted octanol–water partition coefficient (Wildman–Crippen LogP) is 5.81. The van der Waals surface area contributed by atoms with Gasteiger partial charge in [-0.3, -0.25) is 9.59 Å². The second-order valence-electron chi connectivity index (χ2n) is 8.26. The van der Waals surface area contributed by atoms with E-state index in [1.54, 1.807) is 12.1 Å². The minimum atomic E-state index is -0.955. The SMILES string of the molecule is CC(C)CC(Nc1ccc(C(=O)NCCC(=O)O)cn1)c1ccc(-c2ccccc2Cl)cc1. The van der Waals surface area contributed by atoms with Gasteiger partial charge >= 0.3 is 5.97 Å². The van der Waals surface area contributed by atoms with Crippen molar-refractivity contribution in [2.75, 3.05) is 11.9 Å². The average Bonchev–Trinajstić information content (AvgIpc) is 2.79. The van der Waals surface area contributed by atoms with Crippen LogP contribution in [0.4, 0.5) is 5.82 Å². The molecule has 2 aromatic carbocycles. The van der Waals surface area contributed by atoms with E-state index in [9.17, 15) is 9.59 Å². The van der Waals surface area contributed by atoms with Crippen LogP contribution in [0.15, 0.2) is 66.9 Å². The standard InChI is InChI=1S/C26H28ClN3O3/c1-17(2)15-23(19-9-7-18(8-10-19)21-5-3-4-6-22(21)27)30-24-12-11-20(16-29-24)26(33)28-14-13-25(31)32/h3-12,16-17,23H,13-15H2,1-2H3,(H,28,33)(H,29,30)(H,31,32). The highest BCUT2D eigenvalue weighted by Gasteiger charge is 2.15. The monoisotopic (exact) mass is 465 g/mol. The van der Waals surface area contributed by atoms with Crippen LogP contribution < -0.4 is 10.6 Å². The van der Waals surface area contributed by atoms with E-state index in [-0.39, 0.29) is 24.9 Å². The number of hydrogen-bond donors (Lipinski definition) is 3. The number of carbonyl (C=O) groups is 2. The zero-order valence-corrected chi connectivity index (χ0v) is 19.5. The molecule has 1 atom stereocenters. The van der Waals surface area contributed by atoms with Crippen molar-refractivity contribution in [3.63, 3.8) is 0 Å². The Kier molecular flexibility index (Phi) is 8.44. The zero-order valence-electron chi connectivity index (χ0n) is 18.7. The summed E-state index contributed by atoms with van der Waals surface area (Å²) >= 11 is 6.34. The molecule has 0 radical (unpaired) electrons. The molecule has 0 aliphatic heterocycles. The van der Waals surface area contributed by atoms with Crippen molar-refractivity contribution in [3.05, 3.63) is 83.0 Å². The van der Waals surface area contributed by atoms with Gasteiger partial charge < -0.3 is 15.7 Å². The van der Waals surface area contributed by atoms with Crippen LogP contribution in [0, 0.1) is 5.92 Å². The molecule has 0 bridgehead atoms. The van der Waals surface area contributed by atoms with E-state index >= 15 is 0 Å². The number of carbonyl (C=O) groups excluding carboxylic acids is 1. The smallest absolute Gasteiger partial charge is 0.305 e. The van der Waals surface area contributed by atoms with Crippen molar-refractivity contribution >= 4 is 29.3 Å². The first kappa shape index (κ1) is 24.3. The number of benzene rings is 2. The molecule has 3 N–H and O–H groups in total. The quantitative estimate of drug-likeness (QED) is 0.351. The number of halogens is 1. The highest BCUT2D eigenvalue weighted by molar-refractivity contribution is 6.33. The lowest BCUT2D eigenvalue weighted by atomic mass is 9.95.